The number of aliphatic hydroxyl groups excluding tert-OH is 4. The van der Waals surface area contributed by atoms with Gasteiger partial charge < -0.3 is 34.7 Å². The number of rotatable bonds is 8. The number of oxime groups is 1. The third kappa shape index (κ3) is 5.96. The molecule has 37 heavy (non-hydrogen) atoms. The number of ether oxygens (including phenoxy) is 2. The topological polar surface area (TPSA) is 121 Å². The SMILES string of the molecule is CON=C(c1ccc(Cc2cc(C3OC(CO)C(O)C(O)C3O)ccc2Cl)cc1)c1ccc(OC)cc1. The second-order valence-corrected chi connectivity index (χ2v) is 9.23. The van der Waals surface area contributed by atoms with Crippen molar-refractivity contribution in [2.45, 2.75) is 36.9 Å². The largest absolute Gasteiger partial charge is 0.497 e. The Kier molecular flexibility index (Phi) is 8.81. The summed E-state index contributed by atoms with van der Waals surface area (Å²) < 4.78 is 10.9. The highest BCUT2D eigenvalue weighted by atomic mass is 35.5. The molecule has 1 aliphatic heterocycles. The van der Waals surface area contributed by atoms with Gasteiger partial charge in [0.25, 0.3) is 0 Å². The van der Waals surface area contributed by atoms with Gasteiger partial charge in [0.05, 0.1) is 13.7 Å². The summed E-state index contributed by atoms with van der Waals surface area (Å²) in [6, 6.07) is 20.6. The molecular formula is C28H30ClNO7. The van der Waals surface area contributed by atoms with Gasteiger partial charge in [0, 0.05) is 16.1 Å². The molecule has 9 heteroatoms. The highest BCUT2D eigenvalue weighted by Gasteiger charge is 2.44. The molecule has 0 radical (unpaired) electrons. The molecule has 1 fully saturated rings. The number of methoxy groups -OCH3 is 1. The first-order valence-electron chi connectivity index (χ1n) is 11.8. The lowest BCUT2D eigenvalue weighted by atomic mass is 9.90. The van der Waals surface area contributed by atoms with Gasteiger partial charge >= 0.3 is 0 Å². The van der Waals surface area contributed by atoms with Crippen LogP contribution in [0.25, 0.3) is 0 Å². The number of aliphatic hydroxyl groups is 4. The molecule has 1 saturated heterocycles. The Labute approximate surface area is 220 Å². The van der Waals surface area contributed by atoms with E-state index in [9.17, 15) is 20.4 Å². The number of nitrogens with zero attached hydrogens (tertiary/aromatic N) is 1. The van der Waals surface area contributed by atoms with Gasteiger partial charge in [-0.1, -0.05) is 53.2 Å². The van der Waals surface area contributed by atoms with E-state index in [2.05, 4.69) is 5.16 Å². The Bertz CT molecular complexity index is 1210. The summed E-state index contributed by atoms with van der Waals surface area (Å²) in [5.74, 6) is 0.749. The van der Waals surface area contributed by atoms with Gasteiger partial charge in [-0.05, 0) is 53.4 Å². The zero-order chi connectivity index (χ0) is 26.5. The standard InChI is InChI=1S/C28H30ClNO7/c1-35-21-10-7-18(8-11-21)24(30-36-2)17-5-3-16(4-6-17)13-20-14-19(9-12-22(20)29)28-27(34)26(33)25(32)23(15-31)37-28/h3-12,14,23,25-28,31-34H,13,15H2,1-2H3. The van der Waals surface area contributed by atoms with Crippen LogP contribution in [0.2, 0.25) is 5.02 Å². The average molecular weight is 528 g/mol. The van der Waals surface area contributed by atoms with Crippen molar-refractivity contribution in [1.29, 1.82) is 0 Å². The summed E-state index contributed by atoms with van der Waals surface area (Å²) in [7, 11) is 3.12. The Morgan fingerprint density at radius 3 is 2.14 bits per heavy atom. The maximum atomic E-state index is 10.5. The quantitative estimate of drug-likeness (QED) is 0.262. The summed E-state index contributed by atoms with van der Waals surface area (Å²) in [6.07, 6.45) is -5.62. The molecular weight excluding hydrogens is 498 g/mol. The molecule has 0 aliphatic carbocycles. The molecule has 1 aliphatic rings. The molecule has 8 nitrogen and oxygen atoms in total. The van der Waals surface area contributed by atoms with E-state index in [1.54, 1.807) is 25.3 Å². The molecule has 4 N–H and O–H groups in total. The molecule has 0 saturated carbocycles. The maximum absolute atomic E-state index is 10.5. The molecule has 1 heterocycles. The van der Waals surface area contributed by atoms with E-state index in [4.69, 9.17) is 25.9 Å². The van der Waals surface area contributed by atoms with E-state index in [1.807, 2.05) is 48.5 Å². The van der Waals surface area contributed by atoms with Crippen LogP contribution in [0.5, 0.6) is 5.75 Å². The second kappa shape index (κ2) is 12.0. The van der Waals surface area contributed by atoms with Crippen molar-refractivity contribution >= 4 is 17.3 Å². The average Bonchev–Trinajstić information content (AvgIpc) is 2.92. The van der Waals surface area contributed by atoms with Crippen LogP contribution in [0.15, 0.2) is 71.9 Å². The predicted molar refractivity (Wildman–Crippen MR) is 139 cm³/mol. The van der Waals surface area contributed by atoms with Crippen LogP contribution in [0.4, 0.5) is 0 Å². The van der Waals surface area contributed by atoms with Gasteiger partial charge in [-0.2, -0.15) is 0 Å². The lowest BCUT2D eigenvalue weighted by Gasteiger charge is -2.40. The highest BCUT2D eigenvalue weighted by Crippen LogP contribution is 2.34. The van der Waals surface area contributed by atoms with Crippen LogP contribution in [-0.4, -0.2) is 71.4 Å². The van der Waals surface area contributed by atoms with Crippen molar-refractivity contribution in [3.05, 3.63) is 99.6 Å². The summed E-state index contributed by atoms with van der Waals surface area (Å²) in [5, 5.41) is 45.0. The molecule has 0 amide bonds. The fraction of sp³-hybridized carbons (Fsp3) is 0.321. The van der Waals surface area contributed by atoms with Crippen LogP contribution in [-0.2, 0) is 16.0 Å². The lowest BCUT2D eigenvalue weighted by molar-refractivity contribution is -0.231. The summed E-state index contributed by atoms with van der Waals surface area (Å²) >= 11 is 6.48. The molecule has 0 spiro atoms. The molecule has 4 rings (SSSR count). The Hall–Kier alpha value is -2.98. The van der Waals surface area contributed by atoms with Gasteiger partial charge in [-0.25, -0.2) is 0 Å². The Morgan fingerprint density at radius 2 is 1.54 bits per heavy atom. The van der Waals surface area contributed by atoms with Crippen molar-refractivity contribution in [3.63, 3.8) is 0 Å². The first-order chi connectivity index (χ1) is 17.9. The zero-order valence-corrected chi connectivity index (χ0v) is 21.2. The van der Waals surface area contributed by atoms with Gasteiger partial charge in [0.1, 0.15) is 49.1 Å². The first-order valence-corrected chi connectivity index (χ1v) is 12.2. The number of benzene rings is 3. The van der Waals surface area contributed by atoms with Gasteiger partial charge in [-0.3, -0.25) is 0 Å². The van der Waals surface area contributed by atoms with Crippen molar-refractivity contribution < 1.29 is 34.7 Å². The number of halogens is 1. The van der Waals surface area contributed by atoms with E-state index in [-0.39, 0.29) is 0 Å². The Morgan fingerprint density at radius 1 is 0.892 bits per heavy atom. The van der Waals surface area contributed by atoms with Crippen LogP contribution in [0, 0.1) is 0 Å². The van der Waals surface area contributed by atoms with E-state index < -0.39 is 37.1 Å². The maximum Gasteiger partial charge on any atom is 0.118 e. The third-order valence-electron chi connectivity index (χ3n) is 6.46. The molecule has 0 aromatic heterocycles. The molecule has 0 bridgehead atoms. The first kappa shape index (κ1) is 27.1. The minimum atomic E-state index is -1.45. The fourth-order valence-corrected chi connectivity index (χ4v) is 4.58. The van der Waals surface area contributed by atoms with Gasteiger partial charge in [-0.15, -0.1) is 0 Å². The van der Waals surface area contributed by atoms with Crippen molar-refractivity contribution in [2.75, 3.05) is 20.8 Å². The fourth-order valence-electron chi connectivity index (χ4n) is 4.40. The van der Waals surface area contributed by atoms with Crippen molar-refractivity contribution in [1.82, 2.24) is 0 Å². The highest BCUT2D eigenvalue weighted by molar-refractivity contribution is 6.31. The van der Waals surface area contributed by atoms with Crippen LogP contribution in [0.1, 0.15) is 33.9 Å². The second-order valence-electron chi connectivity index (χ2n) is 8.83. The zero-order valence-electron chi connectivity index (χ0n) is 20.5. The van der Waals surface area contributed by atoms with Crippen LogP contribution < -0.4 is 4.74 Å². The summed E-state index contributed by atoms with van der Waals surface area (Å²) in [4.78, 5) is 5.08. The van der Waals surface area contributed by atoms with E-state index in [0.29, 0.717) is 22.7 Å². The van der Waals surface area contributed by atoms with Gasteiger partial charge in [0.15, 0.2) is 0 Å². The predicted octanol–water partition coefficient (Wildman–Crippen LogP) is 2.85. The summed E-state index contributed by atoms with van der Waals surface area (Å²) in [5.41, 5.74) is 4.80. The smallest absolute Gasteiger partial charge is 0.118 e. The number of hydrogen-bond acceptors (Lipinski definition) is 8. The minimum Gasteiger partial charge on any atom is -0.497 e. The normalized spacial score (nSPS) is 24.1. The molecule has 3 aromatic rings. The van der Waals surface area contributed by atoms with E-state index in [0.717, 1.165) is 28.0 Å². The molecule has 5 unspecified atom stereocenters. The van der Waals surface area contributed by atoms with Crippen molar-refractivity contribution in [3.8, 4) is 5.75 Å². The van der Waals surface area contributed by atoms with Crippen LogP contribution >= 0.6 is 11.6 Å². The number of hydrogen-bond donors (Lipinski definition) is 4. The van der Waals surface area contributed by atoms with Crippen LogP contribution in [0.3, 0.4) is 0 Å². The third-order valence-corrected chi connectivity index (χ3v) is 6.83. The van der Waals surface area contributed by atoms with Crippen molar-refractivity contribution in [2.24, 2.45) is 5.16 Å². The minimum absolute atomic E-state index is 0.487. The molecule has 5 atom stereocenters. The van der Waals surface area contributed by atoms with E-state index in [1.165, 1.54) is 7.11 Å². The summed E-state index contributed by atoms with van der Waals surface area (Å²) in [6.45, 7) is -0.487. The van der Waals surface area contributed by atoms with Gasteiger partial charge in [0.2, 0.25) is 0 Å². The lowest BCUT2D eigenvalue weighted by Crippen LogP contribution is -2.55. The Balaban J connectivity index is 1.55. The monoisotopic (exact) mass is 527 g/mol. The van der Waals surface area contributed by atoms with E-state index >= 15 is 0 Å². The molecule has 3 aromatic carbocycles. The molecule has 196 valence electrons.